The van der Waals surface area contributed by atoms with E-state index in [2.05, 4.69) is 22.3 Å². The molecule has 1 aliphatic rings. The van der Waals surface area contributed by atoms with Crippen molar-refractivity contribution in [1.29, 1.82) is 0 Å². The van der Waals surface area contributed by atoms with Crippen molar-refractivity contribution in [1.82, 2.24) is 0 Å². The van der Waals surface area contributed by atoms with E-state index in [0.29, 0.717) is 6.61 Å². The van der Waals surface area contributed by atoms with Crippen LogP contribution in [0.5, 0.6) is 5.75 Å². The molecule has 28 heavy (non-hydrogen) atoms. The van der Waals surface area contributed by atoms with Crippen LogP contribution in [0.1, 0.15) is 25.0 Å². The largest absolute Gasteiger partial charge is 0.492 e. The number of amides is 1. The molecule has 1 fully saturated rings. The normalized spacial score (nSPS) is 15.9. The highest BCUT2D eigenvalue weighted by atomic mass is 16.5. The van der Waals surface area contributed by atoms with E-state index in [4.69, 9.17) is 4.74 Å². The summed E-state index contributed by atoms with van der Waals surface area (Å²) in [6.45, 7) is 12.5. The lowest BCUT2D eigenvalue weighted by atomic mass is 10.1. The molecule has 2 N–H and O–H groups in total. The van der Waals surface area contributed by atoms with Gasteiger partial charge in [-0.25, -0.2) is 0 Å². The van der Waals surface area contributed by atoms with E-state index < -0.39 is 0 Å². The number of nitrogens with zero attached hydrogens (tertiary/aromatic N) is 1. The summed E-state index contributed by atoms with van der Waals surface area (Å²) in [5.41, 5.74) is 4.31. The van der Waals surface area contributed by atoms with Crippen molar-refractivity contribution in [2.45, 2.75) is 33.7 Å². The molecule has 5 heteroatoms. The highest BCUT2D eigenvalue weighted by molar-refractivity contribution is 5.95. The molecule has 0 bridgehead atoms. The number of aryl methyl sites for hydroxylation is 2. The average molecular weight is 383 g/mol. The third-order valence-corrected chi connectivity index (χ3v) is 5.65. The van der Waals surface area contributed by atoms with E-state index in [0.717, 1.165) is 54.4 Å². The number of benzene rings is 2. The lowest BCUT2D eigenvalue weighted by Crippen LogP contribution is -3.19. The second-order valence-corrected chi connectivity index (χ2v) is 7.52. The van der Waals surface area contributed by atoms with Gasteiger partial charge in [0.25, 0.3) is 5.91 Å². The van der Waals surface area contributed by atoms with Crippen LogP contribution in [-0.4, -0.2) is 44.7 Å². The minimum absolute atomic E-state index is 0.0803. The fourth-order valence-electron chi connectivity index (χ4n) is 3.89. The number of rotatable bonds is 6. The maximum Gasteiger partial charge on any atom is 0.282 e. The van der Waals surface area contributed by atoms with Gasteiger partial charge in [-0.1, -0.05) is 30.3 Å². The Morgan fingerprint density at radius 2 is 1.75 bits per heavy atom. The van der Waals surface area contributed by atoms with Crippen LogP contribution >= 0.6 is 0 Å². The molecule has 150 valence electrons. The molecule has 3 rings (SSSR count). The second kappa shape index (κ2) is 9.11. The zero-order valence-electron chi connectivity index (χ0n) is 17.4. The SMILES string of the molecule is CCOc1ccccc1N1CC[NH+]([C@@H](C)C(=O)Nc2c(C)cccc2C)CC1. The molecule has 0 spiro atoms. The zero-order valence-corrected chi connectivity index (χ0v) is 17.4. The van der Waals surface area contributed by atoms with Gasteiger partial charge in [0.2, 0.25) is 0 Å². The number of hydrogen-bond acceptors (Lipinski definition) is 3. The highest BCUT2D eigenvalue weighted by Crippen LogP contribution is 2.27. The third-order valence-electron chi connectivity index (χ3n) is 5.65. The Hall–Kier alpha value is -2.53. The average Bonchev–Trinajstić information content (AvgIpc) is 2.71. The van der Waals surface area contributed by atoms with E-state index in [1.165, 1.54) is 4.90 Å². The van der Waals surface area contributed by atoms with Gasteiger partial charge in [-0.3, -0.25) is 4.79 Å². The Morgan fingerprint density at radius 1 is 1.11 bits per heavy atom. The minimum atomic E-state index is -0.0803. The molecule has 0 radical (unpaired) electrons. The quantitative estimate of drug-likeness (QED) is 0.807. The van der Waals surface area contributed by atoms with Gasteiger partial charge in [-0.2, -0.15) is 0 Å². The molecular weight excluding hydrogens is 350 g/mol. The predicted molar refractivity (Wildman–Crippen MR) is 115 cm³/mol. The van der Waals surface area contributed by atoms with Gasteiger partial charge in [0.1, 0.15) is 5.75 Å². The van der Waals surface area contributed by atoms with Crippen molar-refractivity contribution in [3.63, 3.8) is 0 Å². The first-order valence-corrected chi connectivity index (χ1v) is 10.2. The molecule has 5 nitrogen and oxygen atoms in total. The molecular formula is C23H32N3O2+. The number of para-hydroxylation sites is 3. The van der Waals surface area contributed by atoms with Crippen LogP contribution in [0.15, 0.2) is 42.5 Å². The number of ether oxygens (including phenoxy) is 1. The van der Waals surface area contributed by atoms with Gasteiger partial charge in [-0.05, 0) is 51.0 Å². The summed E-state index contributed by atoms with van der Waals surface area (Å²) in [5, 5.41) is 3.15. The first kappa shape index (κ1) is 20.2. The molecule has 1 amide bonds. The lowest BCUT2D eigenvalue weighted by molar-refractivity contribution is -0.914. The summed E-state index contributed by atoms with van der Waals surface area (Å²) in [6, 6.07) is 14.2. The molecule has 2 aromatic rings. The van der Waals surface area contributed by atoms with E-state index in [1.54, 1.807) is 0 Å². The molecule has 0 aliphatic carbocycles. The Labute approximate surface area is 168 Å². The fourth-order valence-corrected chi connectivity index (χ4v) is 3.89. The smallest absolute Gasteiger partial charge is 0.282 e. The van der Waals surface area contributed by atoms with Crippen molar-refractivity contribution in [2.24, 2.45) is 0 Å². The van der Waals surface area contributed by atoms with Crippen molar-refractivity contribution >= 4 is 17.3 Å². The summed E-state index contributed by atoms with van der Waals surface area (Å²) in [5.74, 6) is 1.03. The zero-order chi connectivity index (χ0) is 20.1. The summed E-state index contributed by atoms with van der Waals surface area (Å²) >= 11 is 0. The molecule has 0 aromatic heterocycles. The van der Waals surface area contributed by atoms with Gasteiger partial charge in [-0.15, -0.1) is 0 Å². The number of nitrogens with one attached hydrogen (secondary N) is 2. The van der Waals surface area contributed by atoms with E-state index in [-0.39, 0.29) is 11.9 Å². The summed E-state index contributed by atoms with van der Waals surface area (Å²) in [7, 11) is 0. The first-order valence-electron chi connectivity index (χ1n) is 10.2. The Balaban J connectivity index is 1.61. The highest BCUT2D eigenvalue weighted by Gasteiger charge is 2.30. The number of carbonyl (C=O) groups is 1. The van der Waals surface area contributed by atoms with Crippen LogP contribution < -0.4 is 19.9 Å². The molecule has 1 saturated heterocycles. The van der Waals surface area contributed by atoms with Crippen LogP contribution in [0.4, 0.5) is 11.4 Å². The fraction of sp³-hybridized carbons (Fsp3) is 0.435. The summed E-state index contributed by atoms with van der Waals surface area (Å²) in [4.78, 5) is 16.5. The van der Waals surface area contributed by atoms with E-state index in [1.807, 2.05) is 58.0 Å². The van der Waals surface area contributed by atoms with Gasteiger partial charge >= 0.3 is 0 Å². The van der Waals surface area contributed by atoms with E-state index in [9.17, 15) is 4.79 Å². The van der Waals surface area contributed by atoms with Crippen molar-refractivity contribution < 1.29 is 14.4 Å². The number of quaternary nitrogens is 1. The Bertz CT molecular complexity index is 793. The first-order chi connectivity index (χ1) is 13.5. The molecule has 0 unspecified atom stereocenters. The van der Waals surface area contributed by atoms with Crippen LogP contribution in [-0.2, 0) is 4.79 Å². The maximum absolute atomic E-state index is 12.8. The van der Waals surface area contributed by atoms with Crippen molar-refractivity contribution in [3.05, 3.63) is 53.6 Å². The predicted octanol–water partition coefficient (Wildman–Crippen LogP) is 2.43. The topological polar surface area (TPSA) is 46.0 Å². The number of piperazine rings is 1. The van der Waals surface area contributed by atoms with Crippen LogP contribution in [0, 0.1) is 13.8 Å². The lowest BCUT2D eigenvalue weighted by Gasteiger charge is -2.36. The van der Waals surface area contributed by atoms with Crippen molar-refractivity contribution in [2.75, 3.05) is 43.0 Å². The Kier molecular flexibility index (Phi) is 6.57. The third kappa shape index (κ3) is 4.47. The standard InChI is InChI=1S/C23H31N3O2/c1-5-28-21-12-7-6-11-20(21)26-15-13-25(14-16-26)19(4)23(27)24-22-17(2)9-8-10-18(22)3/h6-12,19H,5,13-16H2,1-4H3,(H,24,27)/p+1/t19-/m0/s1. The number of carbonyl (C=O) groups excluding carboxylic acids is 1. The molecule has 1 aliphatic heterocycles. The molecule has 0 saturated carbocycles. The molecule has 1 heterocycles. The Morgan fingerprint density at radius 3 is 2.39 bits per heavy atom. The number of hydrogen-bond donors (Lipinski definition) is 2. The van der Waals surface area contributed by atoms with Gasteiger partial charge in [0.05, 0.1) is 38.5 Å². The monoisotopic (exact) mass is 382 g/mol. The van der Waals surface area contributed by atoms with Gasteiger partial charge < -0.3 is 19.9 Å². The summed E-state index contributed by atoms with van der Waals surface area (Å²) in [6.07, 6.45) is 0. The van der Waals surface area contributed by atoms with Crippen LogP contribution in [0.25, 0.3) is 0 Å². The van der Waals surface area contributed by atoms with Gasteiger partial charge in [0, 0.05) is 5.69 Å². The molecule has 1 atom stereocenters. The van der Waals surface area contributed by atoms with Crippen LogP contribution in [0.2, 0.25) is 0 Å². The number of anilines is 2. The van der Waals surface area contributed by atoms with E-state index >= 15 is 0 Å². The van der Waals surface area contributed by atoms with Crippen LogP contribution in [0.3, 0.4) is 0 Å². The minimum Gasteiger partial charge on any atom is -0.492 e. The van der Waals surface area contributed by atoms with Crippen molar-refractivity contribution in [3.8, 4) is 5.75 Å². The molecule has 2 aromatic carbocycles. The van der Waals surface area contributed by atoms with Gasteiger partial charge in [0.15, 0.2) is 6.04 Å². The second-order valence-electron chi connectivity index (χ2n) is 7.52. The summed E-state index contributed by atoms with van der Waals surface area (Å²) < 4.78 is 5.78. The maximum atomic E-state index is 12.8.